The van der Waals surface area contributed by atoms with Gasteiger partial charge in [0.25, 0.3) is 0 Å². The number of hydrogen-bond donors (Lipinski definition) is 0. The maximum atomic E-state index is 13.2. The topological polar surface area (TPSA) is 26.3 Å². The quantitative estimate of drug-likeness (QED) is 0.787. The summed E-state index contributed by atoms with van der Waals surface area (Å²) in [5.41, 5.74) is 0.363. The molecule has 0 spiro atoms. The fourth-order valence-electron chi connectivity index (χ4n) is 1.67. The molecule has 2 aromatic carbocycles. The summed E-state index contributed by atoms with van der Waals surface area (Å²) in [4.78, 5) is 12.3. The van der Waals surface area contributed by atoms with Gasteiger partial charge in [-0.2, -0.15) is 0 Å². The van der Waals surface area contributed by atoms with Crippen LogP contribution < -0.4 is 4.74 Å². The molecule has 0 heterocycles. The molecule has 0 atom stereocenters. The molecule has 5 heteroatoms. The summed E-state index contributed by atoms with van der Waals surface area (Å²) in [5.74, 6) is -0.628. The SMILES string of the molecule is COc1cc(Cl)ccc1C(=O)c1cc(F)ccc1Cl. The van der Waals surface area contributed by atoms with Gasteiger partial charge >= 0.3 is 0 Å². The Labute approximate surface area is 119 Å². The Morgan fingerprint density at radius 3 is 2.53 bits per heavy atom. The number of methoxy groups -OCH3 is 1. The number of carbonyl (C=O) groups is 1. The van der Waals surface area contributed by atoms with Crippen molar-refractivity contribution in [1.82, 2.24) is 0 Å². The van der Waals surface area contributed by atoms with Crippen molar-refractivity contribution in [1.29, 1.82) is 0 Å². The van der Waals surface area contributed by atoms with Crippen LogP contribution in [-0.4, -0.2) is 12.9 Å². The van der Waals surface area contributed by atoms with Gasteiger partial charge in [0.2, 0.25) is 0 Å². The first-order valence-electron chi connectivity index (χ1n) is 5.36. The first-order chi connectivity index (χ1) is 9.02. The van der Waals surface area contributed by atoms with E-state index in [-0.39, 0.29) is 16.1 Å². The van der Waals surface area contributed by atoms with Gasteiger partial charge in [-0.3, -0.25) is 4.79 Å². The Morgan fingerprint density at radius 2 is 1.84 bits per heavy atom. The molecule has 2 rings (SSSR count). The number of hydrogen-bond acceptors (Lipinski definition) is 2. The van der Waals surface area contributed by atoms with E-state index in [1.165, 1.54) is 31.4 Å². The van der Waals surface area contributed by atoms with Gasteiger partial charge in [0.05, 0.1) is 17.7 Å². The van der Waals surface area contributed by atoms with Gasteiger partial charge in [0, 0.05) is 10.6 Å². The van der Waals surface area contributed by atoms with Crippen LogP contribution in [0.5, 0.6) is 5.75 Å². The van der Waals surface area contributed by atoms with Gasteiger partial charge in [0.15, 0.2) is 5.78 Å². The van der Waals surface area contributed by atoms with Crippen LogP contribution in [0, 0.1) is 5.82 Å². The van der Waals surface area contributed by atoms with Crippen LogP contribution in [0.3, 0.4) is 0 Å². The first kappa shape index (κ1) is 13.8. The van der Waals surface area contributed by atoms with Crippen LogP contribution in [0.1, 0.15) is 15.9 Å². The fraction of sp³-hybridized carbons (Fsp3) is 0.0714. The van der Waals surface area contributed by atoms with Crippen LogP contribution in [-0.2, 0) is 0 Å². The van der Waals surface area contributed by atoms with Gasteiger partial charge in [-0.15, -0.1) is 0 Å². The van der Waals surface area contributed by atoms with E-state index in [0.717, 1.165) is 6.07 Å². The highest BCUT2D eigenvalue weighted by atomic mass is 35.5. The predicted octanol–water partition coefficient (Wildman–Crippen LogP) is 4.37. The summed E-state index contributed by atoms with van der Waals surface area (Å²) in [6.45, 7) is 0. The van der Waals surface area contributed by atoms with E-state index in [4.69, 9.17) is 27.9 Å². The summed E-state index contributed by atoms with van der Waals surface area (Å²) in [6, 6.07) is 8.22. The standard InChI is InChI=1S/C14H9Cl2FO2/c1-19-13-6-8(15)2-4-10(13)14(18)11-7-9(17)3-5-12(11)16/h2-7H,1H3. The molecule has 0 unspecified atom stereocenters. The van der Waals surface area contributed by atoms with Gasteiger partial charge in [-0.1, -0.05) is 23.2 Å². The van der Waals surface area contributed by atoms with Crippen LogP contribution in [0.4, 0.5) is 4.39 Å². The van der Waals surface area contributed by atoms with E-state index in [1.807, 2.05) is 0 Å². The lowest BCUT2D eigenvalue weighted by atomic mass is 10.0. The van der Waals surface area contributed by atoms with E-state index in [0.29, 0.717) is 10.8 Å². The zero-order valence-electron chi connectivity index (χ0n) is 9.91. The molecule has 2 nitrogen and oxygen atoms in total. The third-order valence-corrected chi connectivity index (χ3v) is 3.15. The van der Waals surface area contributed by atoms with E-state index < -0.39 is 11.6 Å². The zero-order chi connectivity index (χ0) is 14.0. The molecule has 0 aromatic heterocycles. The summed E-state index contributed by atoms with van der Waals surface area (Å²) in [5, 5.41) is 0.627. The Morgan fingerprint density at radius 1 is 1.11 bits per heavy atom. The van der Waals surface area contributed by atoms with Crippen molar-refractivity contribution in [2.45, 2.75) is 0 Å². The van der Waals surface area contributed by atoms with Crippen molar-refractivity contribution >= 4 is 29.0 Å². The fourth-order valence-corrected chi connectivity index (χ4v) is 2.03. The molecular weight excluding hydrogens is 290 g/mol. The molecule has 0 radical (unpaired) electrons. The highest BCUT2D eigenvalue weighted by Gasteiger charge is 2.18. The molecule has 0 aliphatic rings. The second kappa shape index (κ2) is 5.59. The summed E-state index contributed by atoms with van der Waals surface area (Å²) in [6.07, 6.45) is 0. The molecule has 0 amide bonds. The van der Waals surface area contributed by atoms with E-state index >= 15 is 0 Å². The Hall–Kier alpha value is -1.58. The third kappa shape index (κ3) is 2.88. The molecule has 0 saturated heterocycles. The van der Waals surface area contributed by atoms with E-state index in [2.05, 4.69) is 0 Å². The van der Waals surface area contributed by atoms with Crippen molar-refractivity contribution < 1.29 is 13.9 Å². The lowest BCUT2D eigenvalue weighted by molar-refractivity contribution is 0.103. The number of rotatable bonds is 3. The minimum absolute atomic E-state index is 0.0855. The number of benzene rings is 2. The summed E-state index contributed by atoms with van der Waals surface area (Å²) >= 11 is 11.7. The lowest BCUT2D eigenvalue weighted by Crippen LogP contribution is -2.05. The average molecular weight is 299 g/mol. The predicted molar refractivity (Wildman–Crippen MR) is 72.8 cm³/mol. The first-order valence-corrected chi connectivity index (χ1v) is 6.12. The highest BCUT2D eigenvalue weighted by Crippen LogP contribution is 2.28. The maximum absolute atomic E-state index is 13.2. The molecule has 98 valence electrons. The van der Waals surface area contributed by atoms with Crippen molar-refractivity contribution in [3.63, 3.8) is 0 Å². The normalized spacial score (nSPS) is 10.3. The Bertz CT molecular complexity index is 641. The average Bonchev–Trinajstić information content (AvgIpc) is 2.40. The summed E-state index contributed by atoms with van der Waals surface area (Å²) < 4.78 is 18.3. The van der Waals surface area contributed by atoms with Crippen LogP contribution in [0.25, 0.3) is 0 Å². The molecular formula is C14H9Cl2FO2. The molecule has 0 bridgehead atoms. The van der Waals surface area contributed by atoms with E-state index in [9.17, 15) is 9.18 Å². The molecule has 0 saturated carbocycles. The Kier molecular flexibility index (Phi) is 4.08. The second-order valence-electron chi connectivity index (χ2n) is 3.80. The van der Waals surface area contributed by atoms with Crippen LogP contribution in [0.15, 0.2) is 36.4 Å². The van der Waals surface area contributed by atoms with Crippen LogP contribution in [0.2, 0.25) is 10.0 Å². The van der Waals surface area contributed by atoms with Crippen molar-refractivity contribution in [3.8, 4) is 5.75 Å². The number of ketones is 1. The molecule has 0 N–H and O–H groups in total. The smallest absolute Gasteiger partial charge is 0.198 e. The minimum atomic E-state index is -0.527. The minimum Gasteiger partial charge on any atom is -0.496 e. The molecule has 0 aliphatic heterocycles. The van der Waals surface area contributed by atoms with Crippen LogP contribution >= 0.6 is 23.2 Å². The highest BCUT2D eigenvalue weighted by molar-refractivity contribution is 6.35. The summed E-state index contributed by atoms with van der Waals surface area (Å²) in [7, 11) is 1.43. The monoisotopic (exact) mass is 298 g/mol. The number of ether oxygens (including phenoxy) is 1. The Balaban J connectivity index is 2.53. The van der Waals surface area contributed by atoms with Gasteiger partial charge < -0.3 is 4.74 Å². The molecule has 0 fully saturated rings. The van der Waals surface area contributed by atoms with Gasteiger partial charge in [0.1, 0.15) is 11.6 Å². The second-order valence-corrected chi connectivity index (χ2v) is 4.64. The van der Waals surface area contributed by atoms with Crippen molar-refractivity contribution in [2.75, 3.05) is 7.11 Å². The number of carbonyl (C=O) groups excluding carboxylic acids is 1. The molecule has 2 aromatic rings. The van der Waals surface area contributed by atoms with Gasteiger partial charge in [-0.25, -0.2) is 4.39 Å². The van der Waals surface area contributed by atoms with E-state index in [1.54, 1.807) is 6.07 Å². The molecule has 19 heavy (non-hydrogen) atoms. The zero-order valence-corrected chi connectivity index (χ0v) is 11.4. The lowest BCUT2D eigenvalue weighted by Gasteiger charge is -2.09. The third-order valence-electron chi connectivity index (χ3n) is 2.58. The maximum Gasteiger partial charge on any atom is 0.198 e. The van der Waals surface area contributed by atoms with Crippen molar-refractivity contribution in [2.24, 2.45) is 0 Å². The van der Waals surface area contributed by atoms with Crippen molar-refractivity contribution in [3.05, 3.63) is 63.4 Å². The van der Waals surface area contributed by atoms with Gasteiger partial charge in [-0.05, 0) is 36.4 Å². The molecule has 0 aliphatic carbocycles. The largest absolute Gasteiger partial charge is 0.496 e. The number of halogens is 3.